The summed E-state index contributed by atoms with van der Waals surface area (Å²) in [5, 5.41) is 23.3. The number of carboxylic acid groups (broad SMARTS) is 2. The van der Waals surface area contributed by atoms with Crippen LogP contribution in [-0.2, 0) is 9.59 Å². The van der Waals surface area contributed by atoms with Crippen molar-refractivity contribution < 1.29 is 29.4 Å². The standard InChI is InChI=1S/C18H12N2O6/c21-15-8-14(16(22)20-15)13-7-11(5-6-12(13)18(25)26)19-10-3-1-9(2-4-10)17(23)24/h1-8,19H,(H,23,24)(H,25,26)(H,20,21,22). The molecule has 130 valence electrons. The van der Waals surface area contributed by atoms with Crippen LogP contribution in [0.1, 0.15) is 26.3 Å². The fourth-order valence-corrected chi connectivity index (χ4v) is 2.51. The Morgan fingerprint density at radius 2 is 1.54 bits per heavy atom. The molecule has 0 saturated heterocycles. The van der Waals surface area contributed by atoms with Crippen molar-refractivity contribution in [3.8, 4) is 0 Å². The predicted octanol–water partition coefficient (Wildman–Crippen LogP) is 1.87. The van der Waals surface area contributed by atoms with Crippen molar-refractivity contribution in [3.05, 3.63) is 65.2 Å². The van der Waals surface area contributed by atoms with Crippen LogP contribution in [0.3, 0.4) is 0 Å². The lowest BCUT2D eigenvalue weighted by molar-refractivity contribution is -0.123. The average molecular weight is 352 g/mol. The van der Waals surface area contributed by atoms with Crippen LogP contribution in [0.4, 0.5) is 11.4 Å². The minimum Gasteiger partial charge on any atom is -0.478 e. The van der Waals surface area contributed by atoms with Crippen molar-refractivity contribution in [2.24, 2.45) is 0 Å². The van der Waals surface area contributed by atoms with E-state index in [-0.39, 0.29) is 22.3 Å². The molecule has 0 aromatic heterocycles. The second-order valence-corrected chi connectivity index (χ2v) is 5.45. The van der Waals surface area contributed by atoms with Gasteiger partial charge < -0.3 is 15.5 Å². The lowest BCUT2D eigenvalue weighted by Gasteiger charge is -2.11. The van der Waals surface area contributed by atoms with Crippen LogP contribution in [0.25, 0.3) is 5.57 Å². The van der Waals surface area contributed by atoms with Crippen LogP contribution >= 0.6 is 0 Å². The highest BCUT2D eigenvalue weighted by atomic mass is 16.4. The van der Waals surface area contributed by atoms with E-state index in [0.717, 1.165) is 6.08 Å². The van der Waals surface area contributed by atoms with E-state index in [1.54, 1.807) is 12.1 Å². The molecule has 8 heteroatoms. The van der Waals surface area contributed by atoms with E-state index in [4.69, 9.17) is 5.11 Å². The molecular weight excluding hydrogens is 340 g/mol. The topological polar surface area (TPSA) is 133 Å². The van der Waals surface area contributed by atoms with Gasteiger partial charge in [-0.2, -0.15) is 0 Å². The van der Waals surface area contributed by atoms with Gasteiger partial charge in [-0.1, -0.05) is 0 Å². The van der Waals surface area contributed by atoms with Gasteiger partial charge in [0.25, 0.3) is 11.8 Å². The molecule has 0 unspecified atom stereocenters. The number of hydrogen-bond donors (Lipinski definition) is 4. The molecule has 2 amide bonds. The maximum absolute atomic E-state index is 11.9. The van der Waals surface area contributed by atoms with Gasteiger partial charge in [-0.05, 0) is 42.5 Å². The van der Waals surface area contributed by atoms with Gasteiger partial charge in [0.15, 0.2) is 0 Å². The van der Waals surface area contributed by atoms with Crippen LogP contribution in [0.5, 0.6) is 0 Å². The maximum Gasteiger partial charge on any atom is 0.336 e. The summed E-state index contributed by atoms with van der Waals surface area (Å²) in [6.07, 6.45) is 1.05. The fourth-order valence-electron chi connectivity index (χ4n) is 2.51. The molecule has 4 N–H and O–H groups in total. The summed E-state index contributed by atoms with van der Waals surface area (Å²) in [5.41, 5.74) is 1.13. The van der Waals surface area contributed by atoms with E-state index < -0.39 is 23.8 Å². The molecule has 0 radical (unpaired) electrons. The molecule has 0 aliphatic carbocycles. The van der Waals surface area contributed by atoms with E-state index in [9.17, 15) is 24.3 Å². The molecule has 0 spiro atoms. The van der Waals surface area contributed by atoms with Crippen LogP contribution in [0, 0.1) is 0 Å². The minimum absolute atomic E-state index is 0.0303. The van der Waals surface area contributed by atoms with Crippen molar-refractivity contribution in [3.63, 3.8) is 0 Å². The van der Waals surface area contributed by atoms with Gasteiger partial charge in [-0.15, -0.1) is 0 Å². The predicted molar refractivity (Wildman–Crippen MR) is 91.2 cm³/mol. The Hall–Kier alpha value is -3.94. The highest BCUT2D eigenvalue weighted by Gasteiger charge is 2.26. The normalized spacial score (nSPS) is 13.2. The summed E-state index contributed by atoms with van der Waals surface area (Å²) in [4.78, 5) is 45.5. The maximum atomic E-state index is 11.9. The second kappa shape index (κ2) is 6.52. The third-order valence-electron chi connectivity index (χ3n) is 3.72. The zero-order chi connectivity index (χ0) is 18.8. The minimum atomic E-state index is -1.23. The highest BCUT2D eigenvalue weighted by molar-refractivity contribution is 6.34. The summed E-state index contributed by atoms with van der Waals surface area (Å²) >= 11 is 0. The molecule has 1 aliphatic heterocycles. The number of benzene rings is 2. The number of hydrogen-bond acceptors (Lipinski definition) is 5. The number of anilines is 2. The number of carbonyl (C=O) groups is 4. The Labute approximate surface area is 146 Å². The summed E-state index contributed by atoms with van der Waals surface area (Å²) < 4.78 is 0. The van der Waals surface area contributed by atoms with Crippen LogP contribution in [0.2, 0.25) is 0 Å². The first-order chi connectivity index (χ1) is 12.3. The summed E-state index contributed by atoms with van der Waals surface area (Å²) in [6, 6.07) is 10.2. The van der Waals surface area contributed by atoms with Crippen LogP contribution in [0.15, 0.2) is 48.5 Å². The number of nitrogens with one attached hydrogen (secondary N) is 2. The smallest absolute Gasteiger partial charge is 0.336 e. The molecule has 1 aliphatic rings. The quantitative estimate of drug-likeness (QED) is 0.604. The van der Waals surface area contributed by atoms with Crippen molar-refractivity contribution >= 4 is 40.7 Å². The van der Waals surface area contributed by atoms with Crippen LogP contribution < -0.4 is 10.6 Å². The molecule has 2 aromatic rings. The van der Waals surface area contributed by atoms with E-state index in [2.05, 4.69) is 10.6 Å². The second-order valence-electron chi connectivity index (χ2n) is 5.45. The van der Waals surface area contributed by atoms with Crippen LogP contribution in [-0.4, -0.2) is 34.0 Å². The van der Waals surface area contributed by atoms with E-state index >= 15 is 0 Å². The first-order valence-corrected chi connectivity index (χ1v) is 7.40. The molecule has 0 fully saturated rings. The Morgan fingerprint density at radius 3 is 2.08 bits per heavy atom. The lowest BCUT2D eigenvalue weighted by Crippen LogP contribution is -2.22. The number of imide groups is 1. The van der Waals surface area contributed by atoms with E-state index in [0.29, 0.717) is 11.4 Å². The van der Waals surface area contributed by atoms with E-state index in [1.165, 1.54) is 30.3 Å². The fraction of sp³-hybridized carbons (Fsp3) is 0. The lowest BCUT2D eigenvalue weighted by atomic mass is 9.99. The van der Waals surface area contributed by atoms with Gasteiger partial charge in [-0.3, -0.25) is 14.9 Å². The number of carbonyl (C=O) groups excluding carboxylic acids is 2. The summed E-state index contributed by atoms with van der Waals surface area (Å²) in [5.74, 6) is -3.55. The number of amides is 2. The number of rotatable bonds is 5. The van der Waals surface area contributed by atoms with Gasteiger partial charge in [0.2, 0.25) is 0 Å². The SMILES string of the molecule is O=C1C=C(c2cc(Nc3ccc(C(=O)O)cc3)ccc2C(=O)O)C(=O)N1. The average Bonchev–Trinajstić information content (AvgIpc) is 2.93. The molecule has 8 nitrogen and oxygen atoms in total. The Bertz CT molecular complexity index is 976. The molecule has 0 atom stereocenters. The van der Waals surface area contributed by atoms with Gasteiger partial charge in [0, 0.05) is 23.0 Å². The highest BCUT2D eigenvalue weighted by Crippen LogP contribution is 2.27. The van der Waals surface area contributed by atoms with Crippen molar-refractivity contribution in [1.29, 1.82) is 0 Å². The third kappa shape index (κ3) is 3.29. The molecule has 0 bridgehead atoms. The zero-order valence-electron chi connectivity index (χ0n) is 13.1. The summed E-state index contributed by atoms with van der Waals surface area (Å²) in [7, 11) is 0. The van der Waals surface area contributed by atoms with Crippen molar-refractivity contribution in [1.82, 2.24) is 5.32 Å². The molecule has 3 rings (SSSR count). The number of aromatic carboxylic acids is 2. The number of carboxylic acids is 2. The zero-order valence-corrected chi connectivity index (χ0v) is 13.1. The van der Waals surface area contributed by atoms with Gasteiger partial charge >= 0.3 is 11.9 Å². The molecule has 0 saturated carbocycles. The van der Waals surface area contributed by atoms with Crippen molar-refractivity contribution in [2.45, 2.75) is 0 Å². The van der Waals surface area contributed by atoms with Gasteiger partial charge in [0.05, 0.1) is 16.7 Å². The molecule has 2 aromatic carbocycles. The first-order valence-electron chi connectivity index (χ1n) is 7.40. The van der Waals surface area contributed by atoms with E-state index in [1.807, 2.05) is 0 Å². The summed E-state index contributed by atoms with van der Waals surface area (Å²) in [6.45, 7) is 0. The Kier molecular flexibility index (Phi) is 4.24. The van der Waals surface area contributed by atoms with Gasteiger partial charge in [0.1, 0.15) is 0 Å². The van der Waals surface area contributed by atoms with Crippen molar-refractivity contribution in [2.75, 3.05) is 5.32 Å². The third-order valence-corrected chi connectivity index (χ3v) is 3.72. The Balaban J connectivity index is 1.96. The largest absolute Gasteiger partial charge is 0.478 e. The molecule has 26 heavy (non-hydrogen) atoms. The first kappa shape index (κ1) is 16.9. The van der Waals surface area contributed by atoms with Gasteiger partial charge in [-0.25, -0.2) is 9.59 Å². The monoisotopic (exact) mass is 352 g/mol. The molecular formula is C18H12N2O6. The molecule has 1 heterocycles. The Morgan fingerprint density at radius 1 is 0.885 bits per heavy atom.